The molecule has 0 bridgehead atoms. The normalized spacial score (nSPS) is 11.1. The van der Waals surface area contributed by atoms with Crippen LogP contribution < -0.4 is 10.1 Å². The van der Waals surface area contributed by atoms with Crippen molar-refractivity contribution in [3.8, 4) is 5.75 Å². The second-order valence-corrected chi connectivity index (χ2v) is 8.61. The lowest BCUT2D eigenvalue weighted by molar-refractivity contribution is 0.103. The average Bonchev–Trinajstić information content (AvgIpc) is 3.15. The standard InChI is InChI=1S/C19H17NO4S2/c1-2-24-15-10-8-14(9-11-15)20-19(21)17-12-13-18(25-17)26(22,23)16-6-4-3-5-7-16/h3-13H,2H2,1H3,(H,20,21). The molecule has 0 unspecified atom stereocenters. The zero-order valence-corrected chi connectivity index (χ0v) is 15.6. The molecule has 7 heteroatoms. The summed E-state index contributed by atoms with van der Waals surface area (Å²) >= 11 is 0.949. The summed E-state index contributed by atoms with van der Waals surface area (Å²) in [5.74, 6) is 0.367. The van der Waals surface area contributed by atoms with Gasteiger partial charge in [0.2, 0.25) is 9.84 Å². The number of anilines is 1. The van der Waals surface area contributed by atoms with E-state index in [1.165, 1.54) is 24.3 Å². The van der Waals surface area contributed by atoms with Crippen LogP contribution in [0.5, 0.6) is 5.75 Å². The lowest BCUT2D eigenvalue weighted by Crippen LogP contribution is -2.10. The van der Waals surface area contributed by atoms with Crippen LogP contribution in [0.4, 0.5) is 5.69 Å². The van der Waals surface area contributed by atoms with Crippen molar-refractivity contribution < 1.29 is 17.9 Å². The third-order valence-corrected chi connectivity index (χ3v) is 6.89. The van der Waals surface area contributed by atoms with Crippen LogP contribution in [0.15, 0.2) is 75.8 Å². The molecule has 0 saturated heterocycles. The topological polar surface area (TPSA) is 72.5 Å². The summed E-state index contributed by atoms with van der Waals surface area (Å²) in [7, 11) is -3.61. The fraction of sp³-hybridized carbons (Fsp3) is 0.105. The van der Waals surface area contributed by atoms with Gasteiger partial charge in [-0.3, -0.25) is 4.79 Å². The number of benzene rings is 2. The van der Waals surface area contributed by atoms with Crippen LogP contribution in [0.25, 0.3) is 0 Å². The molecule has 3 aromatic rings. The van der Waals surface area contributed by atoms with Crippen molar-refractivity contribution in [1.29, 1.82) is 0 Å². The molecular formula is C19H17NO4S2. The van der Waals surface area contributed by atoms with E-state index in [0.717, 1.165) is 17.1 Å². The largest absolute Gasteiger partial charge is 0.494 e. The Kier molecular flexibility index (Phi) is 5.39. The van der Waals surface area contributed by atoms with Crippen LogP contribution in [-0.4, -0.2) is 20.9 Å². The third kappa shape index (κ3) is 3.95. The van der Waals surface area contributed by atoms with E-state index in [-0.39, 0.29) is 15.0 Å². The molecule has 1 aromatic heterocycles. The molecule has 134 valence electrons. The molecule has 0 aliphatic rings. The Labute approximate surface area is 156 Å². The van der Waals surface area contributed by atoms with E-state index in [0.29, 0.717) is 17.2 Å². The first kappa shape index (κ1) is 18.2. The first-order valence-corrected chi connectivity index (χ1v) is 10.2. The average molecular weight is 387 g/mol. The number of carbonyl (C=O) groups excluding carboxylic acids is 1. The monoisotopic (exact) mass is 387 g/mol. The first-order chi connectivity index (χ1) is 12.5. The van der Waals surface area contributed by atoms with Crippen molar-refractivity contribution in [2.75, 3.05) is 11.9 Å². The van der Waals surface area contributed by atoms with E-state index in [1.807, 2.05) is 6.92 Å². The van der Waals surface area contributed by atoms with Crippen molar-refractivity contribution in [3.05, 3.63) is 71.6 Å². The number of thiophene rings is 1. The van der Waals surface area contributed by atoms with Crippen LogP contribution in [0, 0.1) is 0 Å². The Hall–Kier alpha value is -2.64. The maximum absolute atomic E-state index is 12.6. The Morgan fingerprint density at radius 3 is 2.35 bits per heavy atom. The summed E-state index contributed by atoms with van der Waals surface area (Å²) in [4.78, 5) is 12.9. The van der Waals surface area contributed by atoms with Gasteiger partial charge < -0.3 is 10.1 Å². The van der Waals surface area contributed by atoms with E-state index in [4.69, 9.17) is 4.74 Å². The Morgan fingerprint density at radius 2 is 1.69 bits per heavy atom. The lowest BCUT2D eigenvalue weighted by atomic mass is 10.3. The first-order valence-electron chi connectivity index (χ1n) is 7.95. The number of sulfone groups is 1. The van der Waals surface area contributed by atoms with Crippen molar-refractivity contribution in [2.24, 2.45) is 0 Å². The number of rotatable bonds is 6. The fourth-order valence-electron chi connectivity index (χ4n) is 2.30. The van der Waals surface area contributed by atoms with Gasteiger partial charge in [-0.05, 0) is 55.5 Å². The highest BCUT2D eigenvalue weighted by Crippen LogP contribution is 2.28. The zero-order valence-electron chi connectivity index (χ0n) is 14.0. The molecular weight excluding hydrogens is 370 g/mol. The van der Waals surface area contributed by atoms with Crippen LogP contribution in [0.3, 0.4) is 0 Å². The minimum atomic E-state index is -3.61. The molecule has 0 spiro atoms. The minimum absolute atomic E-state index is 0.139. The molecule has 1 heterocycles. The molecule has 5 nitrogen and oxygen atoms in total. The smallest absolute Gasteiger partial charge is 0.265 e. The third-order valence-electron chi connectivity index (χ3n) is 3.55. The molecule has 1 amide bonds. The molecule has 0 radical (unpaired) electrons. The molecule has 0 saturated carbocycles. The maximum Gasteiger partial charge on any atom is 0.265 e. The molecule has 3 rings (SSSR count). The van der Waals surface area contributed by atoms with E-state index in [2.05, 4.69) is 5.32 Å². The van der Waals surface area contributed by atoms with E-state index >= 15 is 0 Å². The van der Waals surface area contributed by atoms with E-state index in [9.17, 15) is 13.2 Å². The van der Waals surface area contributed by atoms with Gasteiger partial charge in [-0.1, -0.05) is 18.2 Å². The summed E-state index contributed by atoms with van der Waals surface area (Å²) in [6.45, 7) is 2.47. The number of amides is 1. The number of hydrogen-bond acceptors (Lipinski definition) is 5. The predicted molar refractivity (Wildman–Crippen MR) is 102 cm³/mol. The van der Waals surface area contributed by atoms with Crippen molar-refractivity contribution in [1.82, 2.24) is 0 Å². The highest BCUT2D eigenvalue weighted by Gasteiger charge is 2.21. The molecule has 0 atom stereocenters. The number of carbonyl (C=O) groups is 1. The second-order valence-electron chi connectivity index (χ2n) is 5.35. The molecule has 2 aromatic carbocycles. The van der Waals surface area contributed by atoms with Crippen molar-refractivity contribution in [2.45, 2.75) is 16.0 Å². The zero-order chi connectivity index (χ0) is 18.6. The van der Waals surface area contributed by atoms with Gasteiger partial charge in [-0.25, -0.2) is 8.42 Å². The van der Waals surface area contributed by atoms with Crippen molar-refractivity contribution in [3.63, 3.8) is 0 Å². The summed E-state index contributed by atoms with van der Waals surface area (Å²) in [6.07, 6.45) is 0. The highest BCUT2D eigenvalue weighted by molar-refractivity contribution is 7.93. The SMILES string of the molecule is CCOc1ccc(NC(=O)c2ccc(S(=O)(=O)c3ccccc3)s2)cc1. The van der Waals surface area contributed by atoms with Gasteiger partial charge >= 0.3 is 0 Å². The Morgan fingerprint density at radius 1 is 1.00 bits per heavy atom. The molecule has 0 aliphatic carbocycles. The summed E-state index contributed by atoms with van der Waals surface area (Å²) in [5.41, 5.74) is 0.610. The van der Waals surface area contributed by atoms with E-state index in [1.54, 1.807) is 42.5 Å². The van der Waals surface area contributed by atoms with E-state index < -0.39 is 9.84 Å². The molecule has 0 aliphatic heterocycles. The fourth-order valence-corrected chi connectivity index (χ4v) is 4.92. The van der Waals surface area contributed by atoms with Crippen LogP contribution in [0.1, 0.15) is 16.6 Å². The minimum Gasteiger partial charge on any atom is -0.494 e. The quantitative estimate of drug-likeness (QED) is 0.687. The lowest BCUT2D eigenvalue weighted by Gasteiger charge is -2.06. The number of hydrogen-bond donors (Lipinski definition) is 1. The second kappa shape index (κ2) is 7.72. The van der Waals surface area contributed by atoms with Gasteiger partial charge in [0.15, 0.2) is 0 Å². The van der Waals surface area contributed by atoms with Gasteiger partial charge in [0.1, 0.15) is 9.96 Å². The van der Waals surface area contributed by atoms with Gasteiger partial charge in [-0.2, -0.15) is 0 Å². The number of ether oxygens (including phenoxy) is 1. The van der Waals surface area contributed by atoms with Crippen molar-refractivity contribution >= 4 is 32.8 Å². The Balaban J connectivity index is 1.76. The molecule has 0 fully saturated rings. The highest BCUT2D eigenvalue weighted by atomic mass is 32.2. The summed E-state index contributed by atoms with van der Waals surface area (Å²) in [5, 5.41) is 2.75. The van der Waals surface area contributed by atoms with Crippen LogP contribution >= 0.6 is 11.3 Å². The summed E-state index contributed by atoms with van der Waals surface area (Å²) < 4.78 is 30.7. The van der Waals surface area contributed by atoms with Crippen LogP contribution in [0.2, 0.25) is 0 Å². The molecule has 26 heavy (non-hydrogen) atoms. The molecule has 1 N–H and O–H groups in total. The van der Waals surface area contributed by atoms with Gasteiger partial charge in [-0.15, -0.1) is 11.3 Å². The van der Waals surface area contributed by atoms with Gasteiger partial charge in [0, 0.05) is 5.69 Å². The predicted octanol–water partition coefficient (Wildman–Crippen LogP) is 4.23. The Bertz CT molecular complexity index is 994. The van der Waals surface area contributed by atoms with Gasteiger partial charge in [0.25, 0.3) is 5.91 Å². The maximum atomic E-state index is 12.6. The summed E-state index contributed by atoms with van der Waals surface area (Å²) in [6, 6.07) is 18.1. The van der Waals surface area contributed by atoms with Crippen LogP contribution in [-0.2, 0) is 9.84 Å². The number of nitrogens with one attached hydrogen (secondary N) is 1. The van der Waals surface area contributed by atoms with Gasteiger partial charge in [0.05, 0.1) is 16.4 Å².